The van der Waals surface area contributed by atoms with Crippen LogP contribution in [0.2, 0.25) is 5.02 Å². The quantitative estimate of drug-likeness (QED) is 0.378. The Labute approximate surface area is 178 Å². The first-order valence-electron chi connectivity index (χ1n) is 9.90. The van der Waals surface area contributed by atoms with Crippen molar-refractivity contribution < 1.29 is 9.47 Å². The highest BCUT2D eigenvalue weighted by molar-refractivity contribution is 6.32. The fourth-order valence-corrected chi connectivity index (χ4v) is 3.34. The summed E-state index contributed by atoms with van der Waals surface area (Å²) >= 11 is 6.37. The van der Waals surface area contributed by atoms with Gasteiger partial charge in [0, 0.05) is 0 Å². The number of allylic oxidation sites excluding steroid dienone is 1. The van der Waals surface area contributed by atoms with Gasteiger partial charge < -0.3 is 9.47 Å². The molecule has 0 aliphatic heterocycles. The van der Waals surface area contributed by atoms with E-state index in [-0.39, 0.29) is 5.41 Å². The molecule has 3 heteroatoms. The summed E-state index contributed by atoms with van der Waals surface area (Å²) in [6.45, 7) is 7.01. The summed E-state index contributed by atoms with van der Waals surface area (Å²) in [5.41, 5.74) is 2.26. The second-order valence-corrected chi connectivity index (χ2v) is 7.96. The highest BCUT2D eigenvalue weighted by Crippen LogP contribution is 2.34. The van der Waals surface area contributed by atoms with E-state index in [0.717, 1.165) is 29.2 Å². The average Bonchev–Trinajstić information content (AvgIpc) is 2.70. The van der Waals surface area contributed by atoms with Crippen molar-refractivity contribution in [3.8, 4) is 17.2 Å². The Morgan fingerprint density at radius 3 is 2.38 bits per heavy atom. The van der Waals surface area contributed by atoms with Gasteiger partial charge in [-0.3, -0.25) is 0 Å². The highest BCUT2D eigenvalue weighted by atomic mass is 35.5. The first kappa shape index (κ1) is 21.0. The van der Waals surface area contributed by atoms with Crippen LogP contribution in [0.25, 0.3) is 6.08 Å². The third-order valence-electron chi connectivity index (χ3n) is 4.79. The van der Waals surface area contributed by atoms with E-state index in [2.05, 4.69) is 38.1 Å². The van der Waals surface area contributed by atoms with Gasteiger partial charge in [-0.15, -0.1) is 0 Å². The molecule has 0 spiro atoms. The van der Waals surface area contributed by atoms with Crippen LogP contribution < -0.4 is 9.47 Å². The topological polar surface area (TPSA) is 18.5 Å². The molecule has 0 aliphatic carbocycles. The molecule has 0 aromatic heterocycles. The highest BCUT2D eigenvalue weighted by Gasteiger charge is 2.20. The minimum Gasteiger partial charge on any atom is -0.492 e. The van der Waals surface area contributed by atoms with Gasteiger partial charge in [0.05, 0.1) is 11.6 Å². The van der Waals surface area contributed by atoms with E-state index in [0.29, 0.717) is 11.6 Å². The van der Waals surface area contributed by atoms with Gasteiger partial charge in [-0.2, -0.15) is 0 Å². The summed E-state index contributed by atoms with van der Waals surface area (Å²) in [5.74, 6) is 2.40. The molecule has 0 unspecified atom stereocenters. The Hall–Kier alpha value is -2.71. The Balaban J connectivity index is 1.67. The first-order valence-corrected chi connectivity index (χ1v) is 10.3. The molecule has 0 heterocycles. The minimum absolute atomic E-state index is 0.0387. The second-order valence-electron chi connectivity index (χ2n) is 7.56. The van der Waals surface area contributed by atoms with E-state index >= 15 is 0 Å². The van der Waals surface area contributed by atoms with Crippen LogP contribution in [0.5, 0.6) is 17.2 Å². The lowest BCUT2D eigenvalue weighted by atomic mass is 9.81. The van der Waals surface area contributed by atoms with Crippen molar-refractivity contribution in [3.63, 3.8) is 0 Å². The number of hydrogen-bond donors (Lipinski definition) is 0. The van der Waals surface area contributed by atoms with Crippen molar-refractivity contribution in [2.24, 2.45) is 0 Å². The average molecular weight is 407 g/mol. The Kier molecular flexibility index (Phi) is 7.00. The van der Waals surface area contributed by atoms with Gasteiger partial charge in [-0.25, -0.2) is 0 Å². The van der Waals surface area contributed by atoms with E-state index in [1.165, 1.54) is 5.56 Å². The number of rotatable bonds is 8. The molecule has 0 saturated carbocycles. The third kappa shape index (κ3) is 5.88. The summed E-state index contributed by atoms with van der Waals surface area (Å²) < 4.78 is 11.5. The molecule has 0 radical (unpaired) electrons. The maximum absolute atomic E-state index is 6.37. The SMILES string of the molecule is CCOc1ccc(C(C)(C)CC=Cc2cccc(Oc3ccccc3)c2)cc1Cl. The van der Waals surface area contributed by atoms with E-state index in [9.17, 15) is 0 Å². The molecule has 0 atom stereocenters. The lowest BCUT2D eigenvalue weighted by Gasteiger charge is -2.24. The summed E-state index contributed by atoms with van der Waals surface area (Å²) in [6, 6.07) is 24.0. The zero-order valence-corrected chi connectivity index (χ0v) is 17.9. The maximum atomic E-state index is 6.37. The van der Waals surface area contributed by atoms with Crippen LogP contribution >= 0.6 is 11.6 Å². The fourth-order valence-electron chi connectivity index (χ4n) is 3.11. The molecule has 0 amide bonds. The van der Waals surface area contributed by atoms with Gasteiger partial charge in [0.25, 0.3) is 0 Å². The molecule has 0 bridgehead atoms. The normalized spacial score (nSPS) is 11.6. The Morgan fingerprint density at radius 2 is 1.66 bits per heavy atom. The zero-order chi connectivity index (χ0) is 20.7. The summed E-state index contributed by atoms with van der Waals surface area (Å²) in [6.07, 6.45) is 5.23. The van der Waals surface area contributed by atoms with E-state index < -0.39 is 0 Å². The molecule has 0 saturated heterocycles. The van der Waals surface area contributed by atoms with Crippen molar-refractivity contribution in [1.82, 2.24) is 0 Å². The lowest BCUT2D eigenvalue weighted by molar-refractivity contribution is 0.340. The van der Waals surface area contributed by atoms with Crippen LogP contribution in [-0.4, -0.2) is 6.61 Å². The van der Waals surface area contributed by atoms with Gasteiger partial charge >= 0.3 is 0 Å². The predicted octanol–water partition coefficient (Wildman–Crippen LogP) is 7.91. The molecule has 3 rings (SSSR count). The maximum Gasteiger partial charge on any atom is 0.137 e. The Morgan fingerprint density at radius 1 is 0.897 bits per heavy atom. The molecule has 150 valence electrons. The van der Waals surface area contributed by atoms with Crippen LogP contribution in [0.15, 0.2) is 78.9 Å². The first-order chi connectivity index (χ1) is 14.0. The van der Waals surface area contributed by atoms with Gasteiger partial charge in [-0.05, 0) is 66.3 Å². The fraction of sp³-hybridized carbons (Fsp3) is 0.231. The van der Waals surface area contributed by atoms with Gasteiger partial charge in [0.15, 0.2) is 0 Å². The van der Waals surface area contributed by atoms with Crippen molar-refractivity contribution in [1.29, 1.82) is 0 Å². The van der Waals surface area contributed by atoms with Crippen molar-refractivity contribution in [2.45, 2.75) is 32.6 Å². The zero-order valence-electron chi connectivity index (χ0n) is 17.2. The summed E-state index contributed by atoms with van der Waals surface area (Å²) in [7, 11) is 0. The minimum atomic E-state index is -0.0387. The van der Waals surface area contributed by atoms with Crippen LogP contribution in [0.4, 0.5) is 0 Å². The van der Waals surface area contributed by atoms with Crippen LogP contribution in [0, 0.1) is 0 Å². The third-order valence-corrected chi connectivity index (χ3v) is 5.08. The molecule has 0 N–H and O–H groups in total. The standard InChI is InChI=1S/C26H27ClO2/c1-4-28-25-16-15-21(19-24(25)27)26(2,3)17-9-11-20-10-8-14-23(18-20)29-22-12-6-5-7-13-22/h5-16,18-19H,4,17H2,1-3H3. The molecule has 0 aliphatic rings. The van der Waals surface area contributed by atoms with Crippen LogP contribution in [0.1, 0.15) is 38.3 Å². The molecule has 29 heavy (non-hydrogen) atoms. The van der Waals surface area contributed by atoms with Crippen molar-refractivity contribution >= 4 is 17.7 Å². The van der Waals surface area contributed by atoms with Crippen molar-refractivity contribution in [2.75, 3.05) is 6.61 Å². The second kappa shape index (κ2) is 9.67. The number of para-hydroxylation sites is 1. The van der Waals surface area contributed by atoms with Gasteiger partial charge in [0.1, 0.15) is 17.2 Å². The van der Waals surface area contributed by atoms with Crippen molar-refractivity contribution in [3.05, 3.63) is 95.0 Å². The van der Waals surface area contributed by atoms with Gasteiger partial charge in [0.2, 0.25) is 0 Å². The predicted molar refractivity (Wildman–Crippen MR) is 122 cm³/mol. The molecule has 2 nitrogen and oxygen atoms in total. The number of halogens is 1. The van der Waals surface area contributed by atoms with E-state index in [1.54, 1.807) is 0 Å². The Bertz CT molecular complexity index is 961. The smallest absolute Gasteiger partial charge is 0.137 e. The molecular weight excluding hydrogens is 380 g/mol. The molecule has 3 aromatic carbocycles. The summed E-state index contributed by atoms with van der Waals surface area (Å²) in [4.78, 5) is 0. The molecule has 0 fully saturated rings. The largest absolute Gasteiger partial charge is 0.492 e. The number of ether oxygens (including phenoxy) is 2. The number of benzene rings is 3. The van der Waals surface area contributed by atoms with E-state index in [4.69, 9.17) is 21.1 Å². The van der Waals surface area contributed by atoms with Crippen LogP contribution in [-0.2, 0) is 5.41 Å². The number of hydrogen-bond acceptors (Lipinski definition) is 2. The van der Waals surface area contributed by atoms with E-state index in [1.807, 2.05) is 67.6 Å². The molecule has 3 aromatic rings. The monoisotopic (exact) mass is 406 g/mol. The lowest BCUT2D eigenvalue weighted by Crippen LogP contribution is -2.15. The van der Waals surface area contributed by atoms with Gasteiger partial charge in [-0.1, -0.05) is 74.0 Å². The summed E-state index contributed by atoms with van der Waals surface area (Å²) in [5, 5.41) is 0.659. The van der Waals surface area contributed by atoms with Crippen LogP contribution in [0.3, 0.4) is 0 Å². The molecular formula is C26H27ClO2.